The van der Waals surface area contributed by atoms with Gasteiger partial charge in [-0.25, -0.2) is 0 Å². The van der Waals surface area contributed by atoms with E-state index in [4.69, 9.17) is 9.98 Å². The van der Waals surface area contributed by atoms with Crippen LogP contribution in [0.5, 0.6) is 0 Å². The second-order valence-corrected chi connectivity index (χ2v) is 13.4. The van der Waals surface area contributed by atoms with Crippen molar-refractivity contribution in [3.63, 3.8) is 0 Å². The fourth-order valence-corrected chi connectivity index (χ4v) is 6.24. The monoisotopic (exact) mass is 615 g/mol. The van der Waals surface area contributed by atoms with E-state index >= 15 is 0 Å². The van der Waals surface area contributed by atoms with Crippen molar-refractivity contribution in [2.24, 2.45) is 9.98 Å². The zero-order valence-electron chi connectivity index (χ0n) is 30.6. The summed E-state index contributed by atoms with van der Waals surface area (Å²) in [6.07, 6.45) is 28.2. The molecule has 0 atom stereocenters. The maximum atomic E-state index is 5.47. The van der Waals surface area contributed by atoms with Gasteiger partial charge in [-0.15, -0.1) is 0 Å². The second kappa shape index (κ2) is 24.9. The average molecular weight is 615 g/mol. The van der Waals surface area contributed by atoms with Gasteiger partial charge in [0.25, 0.3) is 0 Å². The highest BCUT2D eigenvalue weighted by Gasteiger charge is 2.13. The molecule has 45 heavy (non-hydrogen) atoms. The highest BCUT2D eigenvalue weighted by Crippen LogP contribution is 2.26. The van der Waals surface area contributed by atoms with Gasteiger partial charge in [0.2, 0.25) is 0 Å². The van der Waals surface area contributed by atoms with E-state index in [-0.39, 0.29) is 0 Å². The molecule has 2 aromatic rings. The molecule has 0 fully saturated rings. The molecule has 2 aromatic carbocycles. The molecule has 0 aromatic heterocycles. The van der Waals surface area contributed by atoms with E-state index in [1.807, 2.05) is 0 Å². The van der Waals surface area contributed by atoms with Crippen LogP contribution in [0.25, 0.3) is 0 Å². The predicted octanol–water partition coefficient (Wildman–Crippen LogP) is 14.2. The van der Waals surface area contributed by atoms with Crippen molar-refractivity contribution in [3.05, 3.63) is 58.7 Å². The van der Waals surface area contributed by atoms with Crippen LogP contribution in [0.2, 0.25) is 0 Å². The van der Waals surface area contributed by atoms with Gasteiger partial charge in [0.05, 0.1) is 22.8 Å². The number of hydrogen-bond donors (Lipinski definition) is 0. The minimum Gasteiger partial charge on any atom is -0.252 e. The smallest absolute Gasteiger partial charge is 0.0636 e. The van der Waals surface area contributed by atoms with Crippen molar-refractivity contribution in [2.45, 2.75) is 189 Å². The van der Waals surface area contributed by atoms with Crippen LogP contribution in [0.1, 0.15) is 186 Å². The third-order valence-corrected chi connectivity index (χ3v) is 9.22. The number of benzene rings is 2. The number of aliphatic imine (C=N–C) groups is 2. The quantitative estimate of drug-likeness (QED) is 0.0744. The summed E-state index contributed by atoms with van der Waals surface area (Å²) in [6.45, 7) is 13.8. The highest BCUT2D eigenvalue weighted by atomic mass is 14.8. The summed E-state index contributed by atoms with van der Waals surface area (Å²) in [5.74, 6) is 0. The van der Waals surface area contributed by atoms with Gasteiger partial charge in [-0.2, -0.15) is 0 Å². The van der Waals surface area contributed by atoms with Crippen molar-refractivity contribution < 1.29 is 0 Å². The predicted molar refractivity (Wildman–Crippen MR) is 204 cm³/mol. The Kier molecular flexibility index (Phi) is 21.6. The fraction of sp³-hybridized carbons (Fsp3) is 0.674. The number of aryl methyl sites for hydroxylation is 4. The van der Waals surface area contributed by atoms with Crippen molar-refractivity contribution >= 4 is 22.8 Å². The molecule has 0 N–H and O–H groups in total. The molecule has 0 spiro atoms. The SMILES string of the molecule is CCCCCCCCC(=Nc1ccc(CCCC)c(CCCC)c1)C(CCCCC)=Nc1ccc(CCCC)c(CCCC)c1. The maximum Gasteiger partial charge on any atom is 0.0636 e. The molecule has 0 saturated carbocycles. The van der Waals surface area contributed by atoms with Crippen LogP contribution < -0.4 is 0 Å². The Morgan fingerprint density at radius 1 is 0.378 bits per heavy atom. The molecule has 0 bridgehead atoms. The molecule has 0 unspecified atom stereocenters. The lowest BCUT2D eigenvalue weighted by atomic mass is 9.96. The third kappa shape index (κ3) is 15.8. The van der Waals surface area contributed by atoms with Crippen LogP contribution in [0, 0.1) is 0 Å². The first-order chi connectivity index (χ1) is 22.1. The van der Waals surface area contributed by atoms with Gasteiger partial charge in [-0.05, 0) is 124 Å². The summed E-state index contributed by atoms with van der Waals surface area (Å²) < 4.78 is 0. The first kappa shape index (κ1) is 39.0. The van der Waals surface area contributed by atoms with E-state index in [1.54, 1.807) is 0 Å². The molecular formula is C43H70N2. The number of nitrogens with zero attached hydrogens (tertiary/aromatic N) is 2. The van der Waals surface area contributed by atoms with Gasteiger partial charge >= 0.3 is 0 Å². The Bertz CT molecular complexity index is 1110. The van der Waals surface area contributed by atoms with Gasteiger partial charge < -0.3 is 0 Å². The molecule has 0 aliphatic rings. The zero-order chi connectivity index (χ0) is 32.5. The molecule has 252 valence electrons. The second-order valence-electron chi connectivity index (χ2n) is 13.4. The normalized spacial score (nSPS) is 12.3. The molecule has 0 heterocycles. The van der Waals surface area contributed by atoms with Crippen LogP contribution in [-0.4, -0.2) is 11.4 Å². The minimum atomic E-state index is 1.02. The Labute approximate surface area is 280 Å². The lowest BCUT2D eigenvalue weighted by Crippen LogP contribution is -2.14. The van der Waals surface area contributed by atoms with Crippen molar-refractivity contribution in [2.75, 3.05) is 0 Å². The average Bonchev–Trinajstić information content (AvgIpc) is 3.06. The molecule has 0 aliphatic heterocycles. The standard InChI is InChI=1S/C43H70N2/c1-7-13-19-20-21-23-29-43(45-41-33-31-37(25-16-10-4)39(35-41)27-18-12-6)42(28-22-14-8-2)44-40-32-30-36(24-15-9-3)38(34-40)26-17-11-5/h30-35H,7-29H2,1-6H3. The third-order valence-electron chi connectivity index (χ3n) is 9.22. The number of unbranched alkanes of at least 4 members (excludes halogenated alkanes) is 11. The Balaban J connectivity index is 2.55. The van der Waals surface area contributed by atoms with Gasteiger partial charge in [-0.3, -0.25) is 9.98 Å². The van der Waals surface area contributed by atoms with Gasteiger partial charge in [0, 0.05) is 0 Å². The maximum absolute atomic E-state index is 5.47. The number of rotatable bonds is 26. The van der Waals surface area contributed by atoms with Gasteiger partial charge in [0.1, 0.15) is 0 Å². The van der Waals surface area contributed by atoms with E-state index in [2.05, 4.69) is 77.9 Å². The molecule has 2 heteroatoms. The summed E-state index contributed by atoms with van der Waals surface area (Å²) in [7, 11) is 0. The summed E-state index contributed by atoms with van der Waals surface area (Å²) >= 11 is 0. The van der Waals surface area contributed by atoms with Crippen molar-refractivity contribution in [1.29, 1.82) is 0 Å². The van der Waals surface area contributed by atoms with Crippen molar-refractivity contribution in [1.82, 2.24) is 0 Å². The van der Waals surface area contributed by atoms with E-state index in [0.717, 1.165) is 37.1 Å². The molecule has 2 rings (SSSR count). The molecule has 0 aliphatic carbocycles. The molecule has 2 nitrogen and oxygen atoms in total. The first-order valence-corrected chi connectivity index (χ1v) is 19.5. The van der Waals surface area contributed by atoms with Crippen LogP contribution in [0.15, 0.2) is 46.4 Å². The van der Waals surface area contributed by atoms with Crippen LogP contribution in [-0.2, 0) is 25.7 Å². The Morgan fingerprint density at radius 2 is 0.711 bits per heavy atom. The van der Waals surface area contributed by atoms with Crippen LogP contribution in [0.4, 0.5) is 11.4 Å². The molecule has 0 radical (unpaired) electrons. The molecular weight excluding hydrogens is 544 g/mol. The lowest BCUT2D eigenvalue weighted by Gasteiger charge is -2.15. The van der Waals surface area contributed by atoms with E-state index in [9.17, 15) is 0 Å². The van der Waals surface area contributed by atoms with E-state index in [1.165, 1.54) is 156 Å². The van der Waals surface area contributed by atoms with Gasteiger partial charge in [0.15, 0.2) is 0 Å². The summed E-state index contributed by atoms with van der Waals surface area (Å²) in [5.41, 5.74) is 10.8. The summed E-state index contributed by atoms with van der Waals surface area (Å²) in [6, 6.07) is 14.2. The van der Waals surface area contributed by atoms with E-state index < -0.39 is 0 Å². The first-order valence-electron chi connectivity index (χ1n) is 19.5. The fourth-order valence-electron chi connectivity index (χ4n) is 6.24. The Hall–Kier alpha value is -2.22. The number of hydrogen-bond acceptors (Lipinski definition) is 2. The van der Waals surface area contributed by atoms with Crippen molar-refractivity contribution in [3.8, 4) is 0 Å². The minimum absolute atomic E-state index is 1.02. The topological polar surface area (TPSA) is 24.7 Å². The highest BCUT2D eigenvalue weighted by molar-refractivity contribution is 6.43. The summed E-state index contributed by atoms with van der Waals surface area (Å²) in [4.78, 5) is 10.9. The molecule has 0 amide bonds. The molecule has 0 saturated heterocycles. The van der Waals surface area contributed by atoms with E-state index in [0.29, 0.717) is 0 Å². The summed E-state index contributed by atoms with van der Waals surface area (Å²) in [5, 5.41) is 0. The van der Waals surface area contributed by atoms with Gasteiger partial charge in [-0.1, -0.05) is 124 Å². The van der Waals surface area contributed by atoms with Crippen LogP contribution in [0.3, 0.4) is 0 Å². The zero-order valence-corrected chi connectivity index (χ0v) is 30.6. The lowest BCUT2D eigenvalue weighted by molar-refractivity contribution is 0.616. The Morgan fingerprint density at radius 3 is 1.13 bits per heavy atom. The largest absolute Gasteiger partial charge is 0.252 e. The van der Waals surface area contributed by atoms with Crippen LogP contribution >= 0.6 is 0 Å².